The molecule has 3 heterocycles. The summed E-state index contributed by atoms with van der Waals surface area (Å²) >= 11 is 6.05. The summed E-state index contributed by atoms with van der Waals surface area (Å²) < 4.78 is 55.2. The first-order valence-electron chi connectivity index (χ1n) is 10.4. The van der Waals surface area contributed by atoms with E-state index in [2.05, 4.69) is 20.0 Å². The molecule has 0 spiro atoms. The van der Waals surface area contributed by atoms with Crippen molar-refractivity contribution in [1.82, 2.24) is 14.7 Å². The van der Waals surface area contributed by atoms with E-state index in [4.69, 9.17) is 11.6 Å². The maximum absolute atomic E-state index is 13.8. The molecule has 2 aromatic heterocycles. The topological polar surface area (TPSA) is 104 Å². The zero-order chi connectivity index (χ0) is 24.4. The molecule has 8 nitrogen and oxygen atoms in total. The number of rotatable bonds is 5. The minimum absolute atomic E-state index is 0.0397. The molecule has 0 bridgehead atoms. The van der Waals surface area contributed by atoms with Crippen molar-refractivity contribution in [3.63, 3.8) is 0 Å². The van der Waals surface area contributed by atoms with E-state index >= 15 is 0 Å². The van der Waals surface area contributed by atoms with E-state index in [1.54, 1.807) is 25.7 Å². The molecule has 1 aliphatic heterocycles. The lowest BCUT2D eigenvalue weighted by Crippen LogP contribution is -2.40. The molecule has 0 atom stereocenters. The van der Waals surface area contributed by atoms with Gasteiger partial charge in [0.25, 0.3) is 15.9 Å². The Labute approximate surface area is 196 Å². The number of carbonyl (C=O) groups excluding carboxylic acids is 1. The number of nitrogens with zero attached hydrogens (tertiary/aromatic N) is 3. The lowest BCUT2D eigenvalue weighted by atomic mass is 10.1. The second kappa shape index (κ2) is 9.47. The summed E-state index contributed by atoms with van der Waals surface area (Å²) in [4.78, 5) is 22.8. The number of halogens is 3. The van der Waals surface area contributed by atoms with Gasteiger partial charge in [-0.2, -0.15) is 0 Å². The number of amides is 1. The average molecular weight is 502 g/mol. The molecule has 1 fully saturated rings. The third-order valence-corrected chi connectivity index (χ3v) is 6.67. The highest BCUT2D eigenvalue weighted by atomic mass is 35.5. The first kappa shape index (κ1) is 25.3. The Bertz CT molecular complexity index is 1140. The van der Waals surface area contributed by atoms with Crippen LogP contribution in [0.2, 0.25) is 5.02 Å². The molecule has 12 heteroatoms. The summed E-state index contributed by atoms with van der Waals surface area (Å²) in [5.41, 5.74) is -0.426. The van der Waals surface area contributed by atoms with Gasteiger partial charge in [-0.05, 0) is 39.3 Å². The van der Waals surface area contributed by atoms with E-state index in [1.807, 2.05) is 0 Å². The van der Waals surface area contributed by atoms with E-state index in [0.717, 1.165) is 0 Å². The molecule has 0 aliphatic carbocycles. The second-order valence-corrected chi connectivity index (χ2v) is 11.0. The van der Waals surface area contributed by atoms with Crippen molar-refractivity contribution in [2.45, 2.75) is 56.5 Å². The van der Waals surface area contributed by atoms with Crippen molar-refractivity contribution < 1.29 is 22.0 Å². The maximum Gasteiger partial charge on any atom is 0.259 e. The normalized spacial score (nSPS) is 16.8. The van der Waals surface area contributed by atoms with Gasteiger partial charge in [0.05, 0.1) is 10.6 Å². The van der Waals surface area contributed by atoms with Gasteiger partial charge in [0.15, 0.2) is 5.03 Å². The third kappa shape index (κ3) is 6.81. The number of alkyl halides is 2. The van der Waals surface area contributed by atoms with Crippen LogP contribution in [0.15, 0.2) is 35.6 Å². The maximum atomic E-state index is 13.8. The average Bonchev–Trinajstić information content (AvgIpc) is 2.87. The molecule has 1 amide bonds. The van der Waals surface area contributed by atoms with E-state index in [9.17, 15) is 22.0 Å². The molecule has 0 aromatic carbocycles. The first-order chi connectivity index (χ1) is 15.3. The Morgan fingerprint density at radius 3 is 2.61 bits per heavy atom. The summed E-state index contributed by atoms with van der Waals surface area (Å²) in [6.45, 7) is 5.45. The summed E-state index contributed by atoms with van der Waals surface area (Å²) in [6.07, 6.45) is 2.30. The Balaban J connectivity index is 1.86. The zero-order valence-electron chi connectivity index (χ0n) is 18.5. The predicted octanol–water partition coefficient (Wildman–Crippen LogP) is 4.08. The highest BCUT2D eigenvalue weighted by Gasteiger charge is 2.33. The molecule has 3 rings (SSSR count). The van der Waals surface area contributed by atoms with Gasteiger partial charge in [0, 0.05) is 55.6 Å². The Hall–Kier alpha value is -2.37. The summed E-state index contributed by atoms with van der Waals surface area (Å²) in [6, 6.07) is 4.08. The van der Waals surface area contributed by atoms with E-state index < -0.39 is 27.4 Å². The molecule has 180 valence electrons. The molecule has 1 aliphatic rings. The summed E-state index contributed by atoms with van der Waals surface area (Å²) in [5.74, 6) is -3.12. The number of hydrogen-bond acceptors (Lipinski definition) is 6. The van der Waals surface area contributed by atoms with Crippen molar-refractivity contribution in [3.05, 3.63) is 41.2 Å². The quantitative estimate of drug-likeness (QED) is 0.639. The minimum atomic E-state index is -3.91. The van der Waals surface area contributed by atoms with Crippen LogP contribution in [0.1, 0.15) is 50.4 Å². The molecule has 1 saturated heterocycles. The van der Waals surface area contributed by atoms with Gasteiger partial charge in [-0.15, -0.1) is 0 Å². The number of hydrogen-bond donors (Lipinski definition) is 2. The zero-order valence-corrected chi connectivity index (χ0v) is 20.1. The van der Waals surface area contributed by atoms with Crippen LogP contribution in [0, 0.1) is 0 Å². The van der Waals surface area contributed by atoms with Crippen molar-refractivity contribution in [1.29, 1.82) is 0 Å². The van der Waals surface area contributed by atoms with Crippen molar-refractivity contribution >= 4 is 39.0 Å². The number of pyridine rings is 2. The van der Waals surface area contributed by atoms with Crippen LogP contribution in [0.3, 0.4) is 0 Å². The summed E-state index contributed by atoms with van der Waals surface area (Å²) in [5, 5.41) is 2.58. The van der Waals surface area contributed by atoms with E-state index in [1.165, 1.54) is 30.6 Å². The smallest absolute Gasteiger partial charge is 0.259 e. The van der Waals surface area contributed by atoms with Crippen LogP contribution >= 0.6 is 11.6 Å². The monoisotopic (exact) mass is 501 g/mol. The standard InChI is InChI=1S/C21H26ClF2N5O3S/c1-20(2,3)28-33(31,32)17-12-15(5-8-25-17)27-19(30)16-11-14(22)13-26-18(16)29-9-4-6-21(23,24)7-10-29/h5,8,11-13,28H,4,6-7,9-10H2,1-3H3,(H,25,27,30). The van der Waals surface area contributed by atoms with Gasteiger partial charge < -0.3 is 10.2 Å². The number of aromatic nitrogens is 2. The van der Waals surface area contributed by atoms with Crippen molar-refractivity contribution in [2.24, 2.45) is 0 Å². The van der Waals surface area contributed by atoms with Crippen LogP contribution < -0.4 is 14.9 Å². The molecular formula is C21H26ClF2N5O3S. The number of carbonyl (C=O) groups is 1. The predicted molar refractivity (Wildman–Crippen MR) is 123 cm³/mol. The lowest BCUT2D eigenvalue weighted by molar-refractivity contribution is -0.0102. The van der Waals surface area contributed by atoms with Crippen LogP contribution in [0.4, 0.5) is 20.3 Å². The van der Waals surface area contributed by atoms with Crippen LogP contribution in [0.25, 0.3) is 0 Å². The second-order valence-electron chi connectivity index (χ2n) is 8.91. The van der Waals surface area contributed by atoms with Crippen LogP contribution in [0.5, 0.6) is 0 Å². The van der Waals surface area contributed by atoms with E-state index in [-0.39, 0.29) is 52.9 Å². The molecule has 0 unspecified atom stereocenters. The van der Waals surface area contributed by atoms with Gasteiger partial charge in [0.1, 0.15) is 5.82 Å². The van der Waals surface area contributed by atoms with E-state index in [0.29, 0.717) is 6.54 Å². The SMILES string of the molecule is CC(C)(C)NS(=O)(=O)c1cc(NC(=O)c2cc(Cl)cnc2N2CCCC(F)(F)CC2)ccn1. The fourth-order valence-corrected chi connectivity index (χ4v) is 4.97. The van der Waals surface area contributed by atoms with Crippen LogP contribution in [-0.4, -0.2) is 48.8 Å². The molecule has 2 aromatic rings. The Morgan fingerprint density at radius 1 is 1.18 bits per heavy atom. The summed E-state index contributed by atoms with van der Waals surface area (Å²) in [7, 11) is -3.91. The largest absolute Gasteiger partial charge is 0.356 e. The number of anilines is 2. The van der Waals surface area contributed by atoms with Gasteiger partial charge >= 0.3 is 0 Å². The lowest BCUT2D eigenvalue weighted by Gasteiger charge is -2.24. The molecular weight excluding hydrogens is 476 g/mol. The molecule has 2 N–H and O–H groups in total. The van der Waals surface area contributed by atoms with Crippen LogP contribution in [-0.2, 0) is 10.0 Å². The highest BCUT2D eigenvalue weighted by molar-refractivity contribution is 7.89. The molecule has 33 heavy (non-hydrogen) atoms. The minimum Gasteiger partial charge on any atom is -0.356 e. The number of sulfonamides is 1. The fraction of sp³-hybridized carbons (Fsp3) is 0.476. The van der Waals surface area contributed by atoms with Gasteiger partial charge in [0.2, 0.25) is 5.92 Å². The Morgan fingerprint density at radius 2 is 1.91 bits per heavy atom. The fourth-order valence-electron chi connectivity index (χ4n) is 3.41. The highest BCUT2D eigenvalue weighted by Crippen LogP contribution is 2.31. The Kier molecular flexibility index (Phi) is 7.25. The van der Waals surface area contributed by atoms with Gasteiger partial charge in [-0.1, -0.05) is 11.6 Å². The first-order valence-corrected chi connectivity index (χ1v) is 12.2. The van der Waals surface area contributed by atoms with Crippen molar-refractivity contribution in [2.75, 3.05) is 23.3 Å². The van der Waals surface area contributed by atoms with Gasteiger partial charge in [-0.3, -0.25) is 4.79 Å². The molecule has 0 radical (unpaired) electrons. The molecule has 0 saturated carbocycles. The third-order valence-electron chi connectivity index (χ3n) is 4.80. The number of nitrogens with one attached hydrogen (secondary N) is 2. The van der Waals surface area contributed by atoms with Crippen molar-refractivity contribution in [3.8, 4) is 0 Å². The van der Waals surface area contributed by atoms with Gasteiger partial charge in [-0.25, -0.2) is 31.9 Å².